The average Bonchev–Trinajstić information content (AvgIpc) is 2.37. The Morgan fingerprint density at radius 3 is 1.68 bits per heavy atom. The van der Waals surface area contributed by atoms with Crippen LogP contribution in [-0.4, -0.2) is 42.0 Å². The predicted molar refractivity (Wildman–Crippen MR) is 99.4 cm³/mol. The van der Waals surface area contributed by atoms with E-state index < -0.39 is 23.4 Å². The molecule has 0 heterocycles. The molecule has 0 bridgehead atoms. The van der Waals surface area contributed by atoms with Gasteiger partial charge in [0.05, 0.1) is 0 Å². The molecule has 7 nitrogen and oxygen atoms in total. The molecule has 0 rings (SSSR count). The number of carbonyl (C=O) groups is 2. The first-order valence-electron chi connectivity index (χ1n) is 8.92. The maximum absolute atomic E-state index is 12.0. The molecule has 0 spiro atoms. The third kappa shape index (κ3) is 12.5. The molecule has 0 aromatic carbocycles. The van der Waals surface area contributed by atoms with Crippen LogP contribution < -0.4 is 16.4 Å². The minimum atomic E-state index is -0.554. The third-order valence-electron chi connectivity index (χ3n) is 3.34. The number of ether oxygens (including phenoxy) is 2. The Bertz CT molecular complexity index is 425. The first-order valence-corrected chi connectivity index (χ1v) is 8.92. The van der Waals surface area contributed by atoms with Crippen LogP contribution in [0.5, 0.6) is 0 Å². The first kappa shape index (κ1) is 23.5. The average molecular weight is 360 g/mol. The van der Waals surface area contributed by atoms with E-state index in [1.54, 1.807) is 0 Å². The van der Waals surface area contributed by atoms with E-state index in [1.807, 2.05) is 55.4 Å². The number of alkyl carbamates (subject to hydrolysis) is 2. The lowest BCUT2D eigenvalue weighted by molar-refractivity contribution is 0.0465. The van der Waals surface area contributed by atoms with E-state index in [4.69, 9.17) is 15.2 Å². The van der Waals surface area contributed by atoms with Crippen molar-refractivity contribution in [2.24, 2.45) is 11.7 Å². The fraction of sp³-hybridized carbons (Fsp3) is 0.889. The Balaban J connectivity index is 4.56. The number of hydrogen-bond acceptors (Lipinski definition) is 5. The Hall–Kier alpha value is -1.50. The van der Waals surface area contributed by atoms with Gasteiger partial charge in [-0.1, -0.05) is 13.8 Å². The molecule has 0 aromatic heterocycles. The molecule has 0 saturated carbocycles. The Morgan fingerprint density at radius 1 is 0.880 bits per heavy atom. The van der Waals surface area contributed by atoms with Crippen LogP contribution >= 0.6 is 0 Å². The zero-order chi connectivity index (χ0) is 19.8. The minimum Gasteiger partial charge on any atom is -0.444 e. The SMILES string of the molecule is CC(C)C(CC[C@@H](CN)NC(=O)OC(C)(C)C)NC(=O)OC(C)(C)C. The quantitative estimate of drug-likeness (QED) is 0.648. The highest BCUT2D eigenvalue weighted by molar-refractivity contribution is 5.68. The number of hydrogen-bond donors (Lipinski definition) is 3. The molecular formula is C18H37N3O4. The van der Waals surface area contributed by atoms with Gasteiger partial charge in [-0.05, 0) is 60.3 Å². The lowest BCUT2D eigenvalue weighted by atomic mass is 9.97. The fourth-order valence-corrected chi connectivity index (χ4v) is 2.14. The van der Waals surface area contributed by atoms with Gasteiger partial charge in [0.25, 0.3) is 0 Å². The van der Waals surface area contributed by atoms with Crippen molar-refractivity contribution in [1.82, 2.24) is 10.6 Å². The van der Waals surface area contributed by atoms with Crippen LogP contribution in [0, 0.1) is 5.92 Å². The van der Waals surface area contributed by atoms with Crippen molar-refractivity contribution in [1.29, 1.82) is 0 Å². The second-order valence-corrected chi connectivity index (χ2v) is 8.65. The lowest BCUT2D eigenvalue weighted by Crippen LogP contribution is -2.45. The molecule has 0 fully saturated rings. The smallest absolute Gasteiger partial charge is 0.407 e. The van der Waals surface area contributed by atoms with Crippen LogP contribution in [0.15, 0.2) is 0 Å². The summed E-state index contributed by atoms with van der Waals surface area (Å²) in [6, 6.07) is -0.277. The van der Waals surface area contributed by atoms with Gasteiger partial charge >= 0.3 is 12.2 Å². The summed E-state index contributed by atoms with van der Waals surface area (Å²) in [5, 5.41) is 5.68. The molecule has 1 unspecified atom stereocenters. The highest BCUT2D eigenvalue weighted by Crippen LogP contribution is 2.13. The van der Waals surface area contributed by atoms with Gasteiger partial charge in [0.15, 0.2) is 0 Å². The first-order chi connectivity index (χ1) is 11.2. The van der Waals surface area contributed by atoms with Crippen LogP contribution in [0.2, 0.25) is 0 Å². The normalized spacial score (nSPS) is 14.6. The monoisotopic (exact) mass is 359 g/mol. The zero-order valence-corrected chi connectivity index (χ0v) is 17.1. The van der Waals surface area contributed by atoms with Crippen molar-refractivity contribution >= 4 is 12.2 Å². The van der Waals surface area contributed by atoms with Crippen LogP contribution in [0.3, 0.4) is 0 Å². The van der Waals surface area contributed by atoms with Crippen LogP contribution in [0.1, 0.15) is 68.2 Å². The number of nitrogens with two attached hydrogens (primary N) is 1. The predicted octanol–water partition coefficient (Wildman–Crippen LogP) is 3.17. The van der Waals surface area contributed by atoms with Crippen LogP contribution in [-0.2, 0) is 9.47 Å². The third-order valence-corrected chi connectivity index (χ3v) is 3.34. The molecule has 148 valence electrons. The summed E-state index contributed by atoms with van der Waals surface area (Å²) in [5.74, 6) is 0.229. The van der Waals surface area contributed by atoms with Crippen molar-refractivity contribution in [3.05, 3.63) is 0 Å². The van der Waals surface area contributed by atoms with Gasteiger partial charge in [-0.3, -0.25) is 0 Å². The summed E-state index contributed by atoms with van der Waals surface area (Å²) in [6.45, 7) is 15.3. The van der Waals surface area contributed by atoms with Crippen molar-refractivity contribution in [3.63, 3.8) is 0 Å². The lowest BCUT2D eigenvalue weighted by Gasteiger charge is -2.27. The zero-order valence-electron chi connectivity index (χ0n) is 17.1. The largest absolute Gasteiger partial charge is 0.444 e. The maximum atomic E-state index is 12.0. The Kier molecular flexibility index (Phi) is 9.26. The van der Waals surface area contributed by atoms with E-state index in [0.29, 0.717) is 19.4 Å². The standard InChI is InChI=1S/C18H37N3O4/c1-12(2)14(21-16(23)25-18(6,7)8)10-9-13(11-19)20-15(22)24-17(3,4)5/h12-14H,9-11,19H2,1-8H3,(H,20,22)(H,21,23)/t13-,14?/m0/s1. The summed E-state index contributed by atoms with van der Waals surface area (Å²) >= 11 is 0. The topological polar surface area (TPSA) is 103 Å². The van der Waals surface area contributed by atoms with Crippen molar-refractivity contribution < 1.29 is 19.1 Å². The van der Waals surface area contributed by atoms with Gasteiger partial charge in [0, 0.05) is 18.6 Å². The van der Waals surface area contributed by atoms with Gasteiger partial charge in [0.2, 0.25) is 0 Å². The van der Waals surface area contributed by atoms with Gasteiger partial charge < -0.3 is 25.8 Å². The van der Waals surface area contributed by atoms with Crippen LogP contribution in [0.4, 0.5) is 9.59 Å². The van der Waals surface area contributed by atoms with E-state index in [-0.39, 0.29) is 18.0 Å². The number of nitrogens with one attached hydrogen (secondary N) is 2. The molecule has 4 N–H and O–H groups in total. The molecule has 2 amide bonds. The Labute approximate surface area is 152 Å². The summed E-state index contributed by atoms with van der Waals surface area (Å²) in [4.78, 5) is 23.8. The molecule has 7 heteroatoms. The summed E-state index contributed by atoms with van der Waals surface area (Å²) in [5.41, 5.74) is 4.66. The number of amides is 2. The van der Waals surface area contributed by atoms with Gasteiger partial charge in [-0.2, -0.15) is 0 Å². The molecule has 2 atom stereocenters. The number of rotatable bonds is 7. The van der Waals surface area contributed by atoms with Crippen molar-refractivity contribution in [2.45, 2.75) is 91.5 Å². The van der Waals surface area contributed by atoms with E-state index >= 15 is 0 Å². The van der Waals surface area contributed by atoms with Crippen LogP contribution in [0.25, 0.3) is 0 Å². The molecule has 0 aromatic rings. The molecule has 0 aliphatic carbocycles. The molecular weight excluding hydrogens is 322 g/mol. The summed E-state index contributed by atoms with van der Waals surface area (Å²) < 4.78 is 10.6. The van der Waals surface area contributed by atoms with E-state index in [2.05, 4.69) is 10.6 Å². The maximum Gasteiger partial charge on any atom is 0.407 e. The molecule has 0 aliphatic heterocycles. The second-order valence-electron chi connectivity index (χ2n) is 8.65. The van der Waals surface area contributed by atoms with E-state index in [1.165, 1.54) is 0 Å². The van der Waals surface area contributed by atoms with Crippen molar-refractivity contribution in [2.75, 3.05) is 6.54 Å². The van der Waals surface area contributed by atoms with Gasteiger partial charge in [-0.15, -0.1) is 0 Å². The van der Waals surface area contributed by atoms with E-state index in [9.17, 15) is 9.59 Å². The molecule has 0 radical (unpaired) electrons. The molecule has 25 heavy (non-hydrogen) atoms. The van der Waals surface area contributed by atoms with Gasteiger partial charge in [-0.25, -0.2) is 9.59 Å². The highest BCUT2D eigenvalue weighted by atomic mass is 16.6. The highest BCUT2D eigenvalue weighted by Gasteiger charge is 2.23. The summed E-state index contributed by atoms with van der Waals surface area (Å²) in [6.07, 6.45) is 0.392. The van der Waals surface area contributed by atoms with E-state index in [0.717, 1.165) is 0 Å². The molecule has 0 saturated heterocycles. The van der Waals surface area contributed by atoms with Gasteiger partial charge in [0.1, 0.15) is 11.2 Å². The second kappa shape index (κ2) is 9.85. The summed E-state index contributed by atoms with van der Waals surface area (Å²) in [7, 11) is 0. The molecule has 0 aliphatic rings. The Morgan fingerprint density at radius 2 is 1.32 bits per heavy atom. The minimum absolute atomic E-state index is 0.0654. The van der Waals surface area contributed by atoms with Crippen molar-refractivity contribution in [3.8, 4) is 0 Å². The number of carbonyl (C=O) groups excluding carboxylic acids is 2. The fourth-order valence-electron chi connectivity index (χ4n) is 2.14.